The van der Waals surface area contributed by atoms with Gasteiger partial charge in [0.05, 0.1) is 6.04 Å². The van der Waals surface area contributed by atoms with Gasteiger partial charge in [-0.05, 0) is 78.4 Å². The van der Waals surface area contributed by atoms with Crippen LogP contribution in [0.1, 0.15) is 66.7 Å². The van der Waals surface area contributed by atoms with Crippen LogP contribution in [0.5, 0.6) is 0 Å². The number of pyridine rings is 1. The maximum atomic E-state index is 13.6. The van der Waals surface area contributed by atoms with E-state index in [2.05, 4.69) is 56.3 Å². The van der Waals surface area contributed by atoms with Gasteiger partial charge in [-0.1, -0.05) is 48.6 Å². The van der Waals surface area contributed by atoms with E-state index < -0.39 is 0 Å². The van der Waals surface area contributed by atoms with E-state index in [9.17, 15) is 4.79 Å². The highest BCUT2D eigenvalue weighted by Gasteiger charge is 2.34. The fraction of sp³-hybridized carbons (Fsp3) is 0.448. The predicted molar refractivity (Wildman–Crippen MR) is 151 cm³/mol. The second-order valence-electron chi connectivity index (χ2n) is 10.8. The largest absolute Gasteiger partial charge is 0.369 e. The zero-order valence-corrected chi connectivity index (χ0v) is 22.8. The first-order chi connectivity index (χ1) is 18.5. The maximum absolute atomic E-state index is 13.6. The maximum Gasteiger partial charge on any atom is 0.253 e. The normalized spacial score (nSPS) is 18.2. The molecule has 1 saturated carbocycles. The van der Waals surface area contributed by atoms with Gasteiger partial charge in [0, 0.05) is 48.0 Å². The molecule has 198 valence electrons. The summed E-state index contributed by atoms with van der Waals surface area (Å²) in [4.78, 5) is 21.4. The summed E-state index contributed by atoms with van der Waals surface area (Å²) in [5, 5.41) is 14.9. The molecule has 1 atom stereocenters. The number of rotatable bonds is 5. The third-order valence-corrected chi connectivity index (χ3v) is 8.43. The summed E-state index contributed by atoms with van der Waals surface area (Å²) in [5.74, 6) is 0.766. The molecule has 2 aliphatic rings. The molecule has 1 N–H and O–H groups in total. The SMILES string of the molecule is Cc1ccc2[nH]c(=O)c([C@H](c3nnnn3C3CCCCC3)N3CCN(c4cc(Cl)ccc4C)CC3)cc2c1. The molecular weight excluding hydrogens is 498 g/mol. The van der Waals surface area contributed by atoms with Crippen LogP contribution in [-0.2, 0) is 0 Å². The number of fused-ring (bicyclic) bond motifs is 1. The summed E-state index contributed by atoms with van der Waals surface area (Å²) in [6.07, 6.45) is 5.76. The quantitative estimate of drug-likeness (QED) is 0.381. The molecule has 2 aromatic heterocycles. The van der Waals surface area contributed by atoms with E-state index in [0.717, 1.165) is 66.3 Å². The van der Waals surface area contributed by atoms with Crippen molar-refractivity contribution >= 4 is 28.2 Å². The third kappa shape index (κ3) is 4.83. The van der Waals surface area contributed by atoms with Crippen molar-refractivity contribution in [3.05, 3.63) is 80.4 Å². The molecule has 4 aromatic rings. The average Bonchev–Trinajstić information content (AvgIpc) is 3.41. The molecule has 0 bridgehead atoms. The van der Waals surface area contributed by atoms with Crippen LogP contribution < -0.4 is 10.5 Å². The van der Waals surface area contributed by atoms with Gasteiger partial charge in [0.2, 0.25) is 0 Å². The standard InChI is InChI=1S/C29H34ClN7O/c1-19-8-11-25-21(16-19)17-24(29(38)31-25)27(28-32-33-34-37(28)23-6-4-3-5-7-23)36-14-12-35(13-15-36)26-18-22(30)10-9-20(26)2/h8-11,16-18,23,27H,3-7,12-15H2,1-2H3,(H,31,38)/t27-/m1/s1. The number of anilines is 1. The highest BCUT2D eigenvalue weighted by molar-refractivity contribution is 6.30. The Hall–Kier alpha value is -3.23. The Morgan fingerprint density at radius 1 is 0.974 bits per heavy atom. The van der Waals surface area contributed by atoms with Crippen LogP contribution in [0.4, 0.5) is 5.69 Å². The number of benzene rings is 2. The number of aromatic amines is 1. The molecule has 1 saturated heterocycles. The molecule has 8 nitrogen and oxygen atoms in total. The topological polar surface area (TPSA) is 82.9 Å². The van der Waals surface area contributed by atoms with Crippen molar-refractivity contribution in [2.75, 3.05) is 31.1 Å². The molecule has 6 rings (SSSR count). The van der Waals surface area contributed by atoms with Gasteiger partial charge in [0.25, 0.3) is 5.56 Å². The molecule has 0 unspecified atom stereocenters. The zero-order chi connectivity index (χ0) is 26.2. The van der Waals surface area contributed by atoms with Crippen LogP contribution in [0, 0.1) is 13.8 Å². The van der Waals surface area contributed by atoms with E-state index in [1.165, 1.54) is 30.5 Å². The van der Waals surface area contributed by atoms with Crippen molar-refractivity contribution in [1.29, 1.82) is 0 Å². The Morgan fingerprint density at radius 3 is 2.55 bits per heavy atom. The lowest BCUT2D eigenvalue weighted by Gasteiger charge is -2.40. The van der Waals surface area contributed by atoms with E-state index >= 15 is 0 Å². The Kier molecular flexibility index (Phi) is 6.93. The second-order valence-corrected chi connectivity index (χ2v) is 11.2. The van der Waals surface area contributed by atoms with Crippen molar-refractivity contribution in [2.24, 2.45) is 0 Å². The number of piperazine rings is 1. The van der Waals surface area contributed by atoms with E-state index in [4.69, 9.17) is 11.6 Å². The van der Waals surface area contributed by atoms with Crippen molar-refractivity contribution < 1.29 is 0 Å². The van der Waals surface area contributed by atoms with Crippen molar-refractivity contribution in [2.45, 2.75) is 58.0 Å². The Morgan fingerprint density at radius 2 is 1.76 bits per heavy atom. The van der Waals surface area contributed by atoms with Gasteiger partial charge in [-0.3, -0.25) is 9.69 Å². The average molecular weight is 532 g/mol. The number of H-pyrrole nitrogens is 1. The minimum absolute atomic E-state index is 0.0855. The van der Waals surface area contributed by atoms with Crippen molar-refractivity contribution in [3.8, 4) is 0 Å². The van der Waals surface area contributed by atoms with Gasteiger partial charge in [-0.25, -0.2) is 4.68 Å². The van der Waals surface area contributed by atoms with Crippen molar-refractivity contribution in [1.82, 2.24) is 30.1 Å². The number of hydrogen-bond donors (Lipinski definition) is 1. The number of nitrogens with one attached hydrogen (secondary N) is 1. The van der Waals surface area contributed by atoms with E-state index in [1.54, 1.807) is 0 Å². The van der Waals surface area contributed by atoms with Gasteiger partial charge < -0.3 is 9.88 Å². The summed E-state index contributed by atoms with van der Waals surface area (Å²) in [6, 6.07) is 14.2. The zero-order valence-electron chi connectivity index (χ0n) is 22.0. The Labute approximate surface area is 227 Å². The first-order valence-electron chi connectivity index (χ1n) is 13.6. The fourth-order valence-electron chi connectivity index (χ4n) is 6.16. The summed E-state index contributed by atoms with van der Waals surface area (Å²) in [7, 11) is 0. The lowest BCUT2D eigenvalue weighted by molar-refractivity contribution is 0.192. The third-order valence-electron chi connectivity index (χ3n) is 8.20. The van der Waals surface area contributed by atoms with E-state index in [-0.39, 0.29) is 17.6 Å². The predicted octanol–water partition coefficient (Wildman–Crippen LogP) is 5.20. The molecule has 0 radical (unpaired) electrons. The summed E-state index contributed by atoms with van der Waals surface area (Å²) in [6.45, 7) is 7.40. The number of nitrogens with zero attached hydrogens (tertiary/aromatic N) is 6. The highest BCUT2D eigenvalue weighted by Crippen LogP contribution is 2.34. The van der Waals surface area contributed by atoms with Crippen LogP contribution in [0.3, 0.4) is 0 Å². The van der Waals surface area contributed by atoms with Gasteiger partial charge >= 0.3 is 0 Å². The Bertz CT molecular complexity index is 1500. The number of aryl methyl sites for hydroxylation is 2. The lowest BCUT2D eigenvalue weighted by Crippen LogP contribution is -2.49. The minimum Gasteiger partial charge on any atom is -0.369 e. The molecule has 2 fully saturated rings. The molecular formula is C29H34ClN7O. The van der Waals surface area contributed by atoms with Crippen molar-refractivity contribution in [3.63, 3.8) is 0 Å². The first-order valence-corrected chi connectivity index (χ1v) is 14.0. The molecule has 38 heavy (non-hydrogen) atoms. The molecule has 2 aromatic carbocycles. The Balaban J connectivity index is 1.39. The molecule has 1 aliphatic heterocycles. The summed E-state index contributed by atoms with van der Waals surface area (Å²) in [5.41, 5.74) is 4.99. The lowest BCUT2D eigenvalue weighted by atomic mass is 9.95. The molecule has 9 heteroatoms. The molecule has 3 heterocycles. The summed E-state index contributed by atoms with van der Waals surface area (Å²) < 4.78 is 2.01. The fourth-order valence-corrected chi connectivity index (χ4v) is 6.32. The van der Waals surface area contributed by atoms with Crippen LogP contribution in [0.2, 0.25) is 5.02 Å². The minimum atomic E-state index is -0.330. The number of halogens is 1. The number of aromatic nitrogens is 5. The van der Waals surface area contributed by atoms with Gasteiger partial charge in [-0.2, -0.15) is 0 Å². The number of hydrogen-bond acceptors (Lipinski definition) is 6. The van der Waals surface area contributed by atoms with E-state index in [0.29, 0.717) is 5.56 Å². The van der Waals surface area contributed by atoms with Gasteiger partial charge in [0.1, 0.15) is 6.04 Å². The van der Waals surface area contributed by atoms with Gasteiger partial charge in [-0.15, -0.1) is 5.10 Å². The highest BCUT2D eigenvalue weighted by atomic mass is 35.5. The second kappa shape index (κ2) is 10.5. The van der Waals surface area contributed by atoms with Crippen LogP contribution in [0.25, 0.3) is 10.9 Å². The molecule has 1 aliphatic carbocycles. The van der Waals surface area contributed by atoms with E-state index in [1.807, 2.05) is 35.0 Å². The van der Waals surface area contributed by atoms with Crippen LogP contribution in [-0.4, -0.2) is 56.3 Å². The summed E-state index contributed by atoms with van der Waals surface area (Å²) >= 11 is 6.33. The molecule has 0 spiro atoms. The smallest absolute Gasteiger partial charge is 0.253 e. The van der Waals surface area contributed by atoms with Crippen LogP contribution in [0.15, 0.2) is 47.3 Å². The number of tetrazole rings is 1. The molecule has 0 amide bonds. The van der Waals surface area contributed by atoms with Crippen LogP contribution >= 0.6 is 11.6 Å². The monoisotopic (exact) mass is 531 g/mol. The first kappa shape index (κ1) is 25.1. The van der Waals surface area contributed by atoms with Gasteiger partial charge in [0.15, 0.2) is 5.82 Å².